The van der Waals surface area contributed by atoms with Gasteiger partial charge in [-0.05, 0) is 59.3 Å². The maximum Gasteiger partial charge on any atom is 0.265 e. The topological polar surface area (TPSA) is 67.4 Å². The van der Waals surface area contributed by atoms with Crippen molar-refractivity contribution in [1.82, 2.24) is 0 Å². The van der Waals surface area contributed by atoms with E-state index in [1.807, 2.05) is 0 Å². The Kier molecular flexibility index (Phi) is 6.39. The molecule has 0 fully saturated rings. The van der Waals surface area contributed by atoms with E-state index in [2.05, 4.69) is 26.6 Å². The molecule has 0 aliphatic rings. The number of rotatable bonds is 5. The normalized spacial score (nSPS) is 11.6. The maximum atomic E-state index is 13.6. The number of hydrogen-bond donors (Lipinski definition) is 2. The summed E-state index contributed by atoms with van der Waals surface area (Å²) in [5.74, 6) is -0.971. The van der Waals surface area contributed by atoms with Crippen LogP contribution in [0.3, 0.4) is 0 Å². The average molecular weight is 430 g/mol. The fourth-order valence-corrected chi connectivity index (χ4v) is 2.72. The van der Waals surface area contributed by atoms with Crippen LogP contribution in [0, 0.1) is 5.82 Å². The summed E-state index contributed by atoms with van der Waals surface area (Å²) in [6.07, 6.45) is -0.813. The maximum absolute atomic E-state index is 13.6. The molecule has 0 radical (unpaired) electrons. The van der Waals surface area contributed by atoms with Gasteiger partial charge in [-0.1, -0.05) is 11.6 Å². The summed E-state index contributed by atoms with van der Waals surface area (Å²) in [4.78, 5) is 23.3. The number of halogens is 3. The van der Waals surface area contributed by atoms with Crippen molar-refractivity contribution in [3.8, 4) is 5.75 Å². The molecule has 2 aromatic rings. The van der Waals surface area contributed by atoms with Crippen molar-refractivity contribution in [3.63, 3.8) is 0 Å². The van der Waals surface area contributed by atoms with Crippen molar-refractivity contribution in [1.29, 1.82) is 0 Å². The first-order valence-electron chi connectivity index (χ1n) is 7.26. The highest BCUT2D eigenvalue weighted by atomic mass is 79.9. The Labute approximate surface area is 157 Å². The molecule has 2 N–H and O–H groups in total. The Morgan fingerprint density at radius 1 is 1.20 bits per heavy atom. The third-order valence-electron chi connectivity index (χ3n) is 3.11. The lowest BCUT2D eigenvalue weighted by atomic mass is 10.2. The number of hydrogen-bond acceptors (Lipinski definition) is 3. The summed E-state index contributed by atoms with van der Waals surface area (Å²) in [5.41, 5.74) is 0.320. The first kappa shape index (κ1) is 19.2. The molecule has 2 rings (SSSR count). The summed E-state index contributed by atoms with van der Waals surface area (Å²) in [5, 5.41) is 5.50. The largest absolute Gasteiger partial charge is 0.480 e. The molecule has 2 amide bonds. The zero-order valence-corrected chi connectivity index (χ0v) is 15.7. The minimum atomic E-state index is -0.813. The van der Waals surface area contributed by atoms with Gasteiger partial charge in [0.15, 0.2) is 6.10 Å². The van der Waals surface area contributed by atoms with Gasteiger partial charge in [-0.3, -0.25) is 9.59 Å². The van der Waals surface area contributed by atoms with E-state index in [-0.39, 0.29) is 5.69 Å². The Bertz CT molecular complexity index is 816. The molecular formula is C17H15BrClFN2O3. The van der Waals surface area contributed by atoms with Gasteiger partial charge < -0.3 is 15.4 Å². The number of carbonyl (C=O) groups is 2. The standard InChI is InChI=1S/C17H15BrClFN2O3/c1-9(25-16-6-3-11(19)7-13(16)18)17(24)22-12-4-5-14(20)15(8-12)21-10(2)23/h3-9H,1-2H3,(H,21,23)(H,22,24). The smallest absolute Gasteiger partial charge is 0.265 e. The van der Waals surface area contributed by atoms with Gasteiger partial charge >= 0.3 is 0 Å². The van der Waals surface area contributed by atoms with E-state index in [1.165, 1.54) is 19.1 Å². The number of ether oxygens (including phenoxy) is 1. The van der Waals surface area contributed by atoms with Gasteiger partial charge in [-0.2, -0.15) is 0 Å². The van der Waals surface area contributed by atoms with E-state index in [1.54, 1.807) is 25.1 Å². The molecule has 5 nitrogen and oxygen atoms in total. The molecule has 0 aliphatic heterocycles. The molecule has 8 heteroatoms. The van der Waals surface area contributed by atoms with Crippen LogP contribution in [0.2, 0.25) is 5.02 Å². The Balaban J connectivity index is 2.07. The van der Waals surface area contributed by atoms with E-state index in [0.29, 0.717) is 20.9 Å². The SMILES string of the molecule is CC(=O)Nc1cc(NC(=O)C(C)Oc2ccc(Cl)cc2Br)ccc1F. The monoisotopic (exact) mass is 428 g/mol. The molecule has 25 heavy (non-hydrogen) atoms. The van der Waals surface area contributed by atoms with E-state index in [0.717, 1.165) is 6.07 Å². The molecule has 1 atom stereocenters. The van der Waals surface area contributed by atoms with Gasteiger partial charge in [0.05, 0.1) is 10.2 Å². The van der Waals surface area contributed by atoms with Crippen molar-refractivity contribution >= 4 is 50.7 Å². The van der Waals surface area contributed by atoms with Crippen LogP contribution in [0.15, 0.2) is 40.9 Å². The summed E-state index contributed by atoms with van der Waals surface area (Å²) >= 11 is 9.17. The molecular weight excluding hydrogens is 415 g/mol. The van der Waals surface area contributed by atoms with Crippen LogP contribution in [-0.2, 0) is 9.59 Å². The molecule has 0 aliphatic carbocycles. The summed E-state index contributed by atoms with van der Waals surface area (Å²) < 4.78 is 19.8. The Morgan fingerprint density at radius 2 is 1.92 bits per heavy atom. The highest BCUT2D eigenvalue weighted by Crippen LogP contribution is 2.29. The third kappa shape index (κ3) is 5.44. The van der Waals surface area contributed by atoms with Crippen molar-refractivity contribution in [3.05, 3.63) is 51.7 Å². The lowest BCUT2D eigenvalue weighted by Crippen LogP contribution is -2.30. The Hall–Kier alpha value is -2.12. The van der Waals surface area contributed by atoms with E-state index in [9.17, 15) is 14.0 Å². The van der Waals surface area contributed by atoms with Crippen molar-refractivity contribution in [2.24, 2.45) is 0 Å². The second-order valence-electron chi connectivity index (χ2n) is 5.20. The number of carbonyl (C=O) groups excluding carboxylic acids is 2. The molecule has 0 saturated heterocycles. The molecule has 0 spiro atoms. The third-order valence-corrected chi connectivity index (χ3v) is 3.97. The molecule has 2 aromatic carbocycles. The molecule has 0 heterocycles. The molecule has 0 saturated carbocycles. The fraction of sp³-hybridized carbons (Fsp3) is 0.176. The highest BCUT2D eigenvalue weighted by molar-refractivity contribution is 9.10. The fourth-order valence-electron chi connectivity index (χ4n) is 1.95. The first-order chi connectivity index (χ1) is 11.8. The minimum absolute atomic E-state index is 0.0145. The lowest BCUT2D eigenvalue weighted by Gasteiger charge is -2.16. The predicted octanol–water partition coefficient (Wildman–Crippen LogP) is 4.61. The molecule has 132 valence electrons. The summed E-state index contributed by atoms with van der Waals surface area (Å²) in [6.45, 7) is 2.85. The zero-order chi connectivity index (χ0) is 18.6. The van der Waals surface area contributed by atoms with Gasteiger partial charge in [-0.25, -0.2) is 4.39 Å². The average Bonchev–Trinajstić information content (AvgIpc) is 2.52. The number of benzene rings is 2. The number of anilines is 2. The first-order valence-corrected chi connectivity index (χ1v) is 8.43. The van der Waals surface area contributed by atoms with E-state index in [4.69, 9.17) is 16.3 Å². The van der Waals surface area contributed by atoms with Crippen LogP contribution >= 0.6 is 27.5 Å². The van der Waals surface area contributed by atoms with Crippen LogP contribution in [-0.4, -0.2) is 17.9 Å². The zero-order valence-electron chi connectivity index (χ0n) is 13.4. The highest BCUT2D eigenvalue weighted by Gasteiger charge is 2.17. The molecule has 0 aromatic heterocycles. The quantitative estimate of drug-likeness (QED) is 0.729. The van der Waals surface area contributed by atoms with Crippen LogP contribution in [0.1, 0.15) is 13.8 Å². The molecule has 0 bridgehead atoms. The van der Waals surface area contributed by atoms with Gasteiger partial charge in [0.1, 0.15) is 11.6 Å². The van der Waals surface area contributed by atoms with E-state index >= 15 is 0 Å². The van der Waals surface area contributed by atoms with Crippen LogP contribution < -0.4 is 15.4 Å². The van der Waals surface area contributed by atoms with Gasteiger partial charge in [0.2, 0.25) is 5.91 Å². The predicted molar refractivity (Wildman–Crippen MR) is 98.6 cm³/mol. The van der Waals surface area contributed by atoms with E-state index < -0.39 is 23.7 Å². The molecule has 1 unspecified atom stereocenters. The van der Waals surface area contributed by atoms with Crippen LogP contribution in [0.25, 0.3) is 0 Å². The minimum Gasteiger partial charge on any atom is -0.480 e. The van der Waals surface area contributed by atoms with Crippen molar-refractivity contribution < 1.29 is 18.7 Å². The second kappa shape index (κ2) is 8.31. The number of nitrogens with one attached hydrogen (secondary N) is 2. The van der Waals surface area contributed by atoms with Gasteiger partial charge in [0.25, 0.3) is 5.91 Å². The summed E-state index contributed by atoms with van der Waals surface area (Å²) in [7, 11) is 0. The van der Waals surface area contributed by atoms with Crippen molar-refractivity contribution in [2.75, 3.05) is 10.6 Å². The van der Waals surface area contributed by atoms with Crippen LogP contribution in [0.5, 0.6) is 5.75 Å². The van der Waals surface area contributed by atoms with Gasteiger partial charge in [0, 0.05) is 17.6 Å². The van der Waals surface area contributed by atoms with Gasteiger partial charge in [-0.15, -0.1) is 0 Å². The summed E-state index contributed by atoms with van der Waals surface area (Å²) in [6, 6.07) is 8.82. The lowest BCUT2D eigenvalue weighted by molar-refractivity contribution is -0.122. The Morgan fingerprint density at radius 3 is 2.56 bits per heavy atom. The number of amides is 2. The second-order valence-corrected chi connectivity index (χ2v) is 6.49. The van der Waals surface area contributed by atoms with Crippen LogP contribution in [0.4, 0.5) is 15.8 Å². The van der Waals surface area contributed by atoms with Crippen molar-refractivity contribution in [2.45, 2.75) is 20.0 Å².